The first-order chi connectivity index (χ1) is 12.0. The number of rotatable bonds is 5. The van der Waals surface area contributed by atoms with Crippen LogP contribution in [0, 0.1) is 11.8 Å². The summed E-state index contributed by atoms with van der Waals surface area (Å²) in [4.78, 5) is 26.2. The predicted molar refractivity (Wildman–Crippen MR) is 97.3 cm³/mol. The monoisotopic (exact) mass is 342 g/mol. The lowest BCUT2D eigenvalue weighted by atomic mass is 9.96. The van der Waals surface area contributed by atoms with Crippen LogP contribution in [0.4, 0.5) is 0 Å². The highest BCUT2D eigenvalue weighted by Gasteiger charge is 2.25. The fourth-order valence-electron chi connectivity index (χ4n) is 3.28. The molecule has 5 nitrogen and oxygen atoms in total. The van der Waals surface area contributed by atoms with Gasteiger partial charge in [-0.05, 0) is 36.8 Å². The van der Waals surface area contributed by atoms with E-state index in [1.165, 1.54) is 0 Å². The minimum Gasteiger partial charge on any atom is -0.451 e. The summed E-state index contributed by atoms with van der Waals surface area (Å²) in [6.07, 6.45) is 2.39. The number of benzene rings is 1. The third-order valence-corrected chi connectivity index (χ3v) is 4.72. The van der Waals surface area contributed by atoms with E-state index in [-0.39, 0.29) is 11.8 Å². The highest BCUT2D eigenvalue weighted by atomic mass is 16.3. The maximum Gasteiger partial charge on any atom is 0.289 e. The Labute approximate surface area is 148 Å². The van der Waals surface area contributed by atoms with Gasteiger partial charge in [0.1, 0.15) is 5.58 Å². The summed E-state index contributed by atoms with van der Waals surface area (Å²) in [6, 6.07) is 9.47. The van der Waals surface area contributed by atoms with Gasteiger partial charge in [-0.1, -0.05) is 32.0 Å². The molecule has 0 radical (unpaired) electrons. The van der Waals surface area contributed by atoms with Crippen LogP contribution in [0.2, 0.25) is 0 Å². The Kier molecular flexibility index (Phi) is 5.41. The lowest BCUT2D eigenvalue weighted by Gasteiger charge is -2.31. The van der Waals surface area contributed by atoms with Crippen LogP contribution < -0.4 is 5.32 Å². The third-order valence-electron chi connectivity index (χ3n) is 4.72. The Bertz CT molecular complexity index is 709. The number of para-hydroxylation sites is 1. The normalized spacial score (nSPS) is 15.7. The molecule has 0 atom stereocenters. The molecule has 25 heavy (non-hydrogen) atoms. The number of hydrogen-bond acceptors (Lipinski definition) is 3. The minimum atomic E-state index is -0.0431. The average molecular weight is 342 g/mol. The van der Waals surface area contributed by atoms with Gasteiger partial charge in [0.15, 0.2) is 5.76 Å². The first-order valence-corrected chi connectivity index (χ1v) is 9.07. The Morgan fingerprint density at radius 3 is 2.64 bits per heavy atom. The molecule has 1 aliphatic rings. The Morgan fingerprint density at radius 2 is 1.96 bits per heavy atom. The van der Waals surface area contributed by atoms with Crippen molar-refractivity contribution in [3.8, 4) is 0 Å². The summed E-state index contributed by atoms with van der Waals surface area (Å²) in [5.41, 5.74) is 0.744. The number of carbonyl (C=O) groups is 2. The lowest BCUT2D eigenvalue weighted by Crippen LogP contribution is -2.41. The van der Waals surface area contributed by atoms with E-state index >= 15 is 0 Å². The topological polar surface area (TPSA) is 62.6 Å². The molecule has 134 valence electrons. The molecule has 1 aromatic heterocycles. The van der Waals surface area contributed by atoms with Gasteiger partial charge in [-0.25, -0.2) is 0 Å². The van der Waals surface area contributed by atoms with Gasteiger partial charge in [0.05, 0.1) is 0 Å². The molecule has 0 saturated carbocycles. The summed E-state index contributed by atoms with van der Waals surface area (Å²) < 4.78 is 5.68. The van der Waals surface area contributed by atoms with Gasteiger partial charge in [0.2, 0.25) is 5.91 Å². The molecular weight excluding hydrogens is 316 g/mol. The SMILES string of the molecule is CC(C)CC(=O)NCC1CCN(C(=O)c2cc3ccccc3o2)CC1. The number of carbonyl (C=O) groups excluding carboxylic acids is 2. The molecule has 1 saturated heterocycles. The molecule has 2 amide bonds. The lowest BCUT2D eigenvalue weighted by molar-refractivity contribution is -0.122. The van der Waals surface area contributed by atoms with Crippen LogP contribution in [0.3, 0.4) is 0 Å². The van der Waals surface area contributed by atoms with Crippen LogP contribution in [0.15, 0.2) is 34.7 Å². The standard InChI is InChI=1S/C20H26N2O3/c1-14(2)11-19(23)21-13-15-7-9-22(10-8-15)20(24)18-12-16-5-3-4-6-17(16)25-18/h3-6,12,14-15H,7-11,13H2,1-2H3,(H,21,23). The number of amides is 2. The Hall–Kier alpha value is -2.30. The molecule has 1 fully saturated rings. The Morgan fingerprint density at radius 1 is 1.24 bits per heavy atom. The van der Waals surface area contributed by atoms with Crippen molar-refractivity contribution < 1.29 is 14.0 Å². The van der Waals surface area contributed by atoms with Crippen molar-refractivity contribution in [2.24, 2.45) is 11.8 Å². The highest BCUT2D eigenvalue weighted by Crippen LogP contribution is 2.23. The van der Waals surface area contributed by atoms with E-state index < -0.39 is 0 Å². The molecule has 2 heterocycles. The summed E-state index contributed by atoms with van der Waals surface area (Å²) in [5, 5.41) is 3.97. The van der Waals surface area contributed by atoms with E-state index in [2.05, 4.69) is 5.32 Å². The van der Waals surface area contributed by atoms with Gasteiger partial charge >= 0.3 is 0 Å². The molecular formula is C20H26N2O3. The van der Waals surface area contributed by atoms with Gasteiger partial charge < -0.3 is 14.6 Å². The zero-order valence-corrected chi connectivity index (χ0v) is 15.0. The van der Waals surface area contributed by atoms with Gasteiger partial charge in [0.25, 0.3) is 5.91 Å². The number of nitrogens with zero attached hydrogens (tertiary/aromatic N) is 1. The van der Waals surface area contributed by atoms with E-state index in [9.17, 15) is 9.59 Å². The van der Waals surface area contributed by atoms with Gasteiger partial charge in [-0.15, -0.1) is 0 Å². The number of likely N-dealkylation sites (tertiary alicyclic amines) is 1. The van der Waals surface area contributed by atoms with E-state index in [0.717, 1.165) is 23.8 Å². The number of furan rings is 1. The maximum atomic E-state index is 12.6. The van der Waals surface area contributed by atoms with E-state index in [1.54, 1.807) is 0 Å². The summed E-state index contributed by atoms with van der Waals surface area (Å²) in [5.74, 6) is 1.30. The first kappa shape index (κ1) is 17.5. The third kappa shape index (κ3) is 4.41. The molecule has 3 rings (SSSR count). The highest BCUT2D eigenvalue weighted by molar-refractivity contribution is 5.96. The summed E-state index contributed by atoms with van der Waals surface area (Å²) in [6.45, 7) is 6.21. The Balaban J connectivity index is 1.50. The molecule has 1 N–H and O–H groups in total. The number of nitrogens with one attached hydrogen (secondary N) is 1. The number of hydrogen-bond donors (Lipinski definition) is 1. The zero-order valence-electron chi connectivity index (χ0n) is 15.0. The van der Waals surface area contributed by atoms with Crippen molar-refractivity contribution in [3.05, 3.63) is 36.1 Å². The van der Waals surface area contributed by atoms with Crippen molar-refractivity contribution >= 4 is 22.8 Å². The molecule has 0 spiro atoms. The van der Waals surface area contributed by atoms with E-state index in [0.29, 0.717) is 43.7 Å². The molecule has 0 bridgehead atoms. The molecule has 1 aliphatic heterocycles. The molecule has 0 unspecified atom stereocenters. The van der Waals surface area contributed by atoms with Crippen LogP contribution in [0.1, 0.15) is 43.7 Å². The smallest absolute Gasteiger partial charge is 0.289 e. The molecule has 0 aliphatic carbocycles. The second kappa shape index (κ2) is 7.72. The van der Waals surface area contributed by atoms with Crippen molar-refractivity contribution in [3.63, 3.8) is 0 Å². The molecule has 5 heteroatoms. The first-order valence-electron chi connectivity index (χ1n) is 9.07. The fourth-order valence-corrected chi connectivity index (χ4v) is 3.28. The van der Waals surface area contributed by atoms with Crippen LogP contribution >= 0.6 is 0 Å². The van der Waals surface area contributed by atoms with Crippen molar-refractivity contribution in [2.75, 3.05) is 19.6 Å². The number of fused-ring (bicyclic) bond motifs is 1. The van der Waals surface area contributed by atoms with Crippen molar-refractivity contribution in [1.82, 2.24) is 10.2 Å². The largest absolute Gasteiger partial charge is 0.451 e. The molecule has 1 aromatic carbocycles. The van der Waals surface area contributed by atoms with E-state index in [4.69, 9.17) is 4.42 Å². The van der Waals surface area contributed by atoms with Crippen molar-refractivity contribution in [2.45, 2.75) is 33.1 Å². The van der Waals surface area contributed by atoms with E-state index in [1.807, 2.05) is 49.1 Å². The van der Waals surface area contributed by atoms with Crippen LogP contribution in [0.5, 0.6) is 0 Å². The molecule has 2 aromatic rings. The van der Waals surface area contributed by atoms with Crippen LogP contribution in [-0.2, 0) is 4.79 Å². The van der Waals surface area contributed by atoms with Gasteiger partial charge in [-0.3, -0.25) is 9.59 Å². The summed E-state index contributed by atoms with van der Waals surface area (Å²) in [7, 11) is 0. The zero-order chi connectivity index (χ0) is 17.8. The fraction of sp³-hybridized carbons (Fsp3) is 0.500. The maximum absolute atomic E-state index is 12.6. The quantitative estimate of drug-likeness (QED) is 0.905. The summed E-state index contributed by atoms with van der Waals surface area (Å²) >= 11 is 0. The van der Waals surface area contributed by atoms with Crippen LogP contribution in [0.25, 0.3) is 11.0 Å². The average Bonchev–Trinajstić information content (AvgIpc) is 3.03. The predicted octanol–water partition coefficient (Wildman–Crippen LogP) is 3.45. The number of piperidine rings is 1. The minimum absolute atomic E-state index is 0.0431. The van der Waals surface area contributed by atoms with Crippen LogP contribution in [-0.4, -0.2) is 36.3 Å². The second-order valence-electron chi connectivity index (χ2n) is 7.29. The van der Waals surface area contributed by atoms with Crippen molar-refractivity contribution in [1.29, 1.82) is 0 Å². The second-order valence-corrected chi connectivity index (χ2v) is 7.29. The van der Waals surface area contributed by atoms with Gasteiger partial charge in [-0.2, -0.15) is 0 Å². The van der Waals surface area contributed by atoms with Gasteiger partial charge in [0, 0.05) is 31.4 Å².